The summed E-state index contributed by atoms with van der Waals surface area (Å²) < 4.78 is 8.00. The number of carbonyl (C=O) groups excluding carboxylic acids is 4. The molecular weight excluding hydrogens is 1410 g/mol. The van der Waals surface area contributed by atoms with Crippen molar-refractivity contribution in [2.24, 2.45) is 0 Å². The number of halogens is 12. The van der Waals surface area contributed by atoms with Crippen LogP contribution in [0.4, 0.5) is 0 Å². The van der Waals surface area contributed by atoms with Gasteiger partial charge in [-0.2, -0.15) is 0 Å². The molecule has 0 saturated carbocycles. The maximum absolute atomic E-state index is 14.5. The number of hydrogen-bond acceptors (Lipinski definition) is 5. The molecule has 6 nitrogen and oxygen atoms in total. The van der Waals surface area contributed by atoms with E-state index < -0.39 is 11.9 Å². The van der Waals surface area contributed by atoms with Gasteiger partial charge in [0.25, 0.3) is 11.8 Å². The molecular formula is C59H39Br4Cl8NO5. The normalized spacial score (nSPS) is 13.7. The summed E-state index contributed by atoms with van der Waals surface area (Å²) in [6, 6.07) is 13.5. The second kappa shape index (κ2) is 21.9. The quantitative estimate of drug-likeness (QED) is 0.0287. The Morgan fingerprint density at radius 1 is 0.351 bits per heavy atom. The van der Waals surface area contributed by atoms with Crippen molar-refractivity contribution in [1.82, 2.24) is 4.90 Å². The zero-order chi connectivity index (χ0) is 54.8. The van der Waals surface area contributed by atoms with Crippen LogP contribution in [0.2, 0.25) is 40.2 Å². The van der Waals surface area contributed by atoms with Crippen LogP contribution in [0.25, 0.3) is 86.2 Å². The van der Waals surface area contributed by atoms with Gasteiger partial charge >= 0.3 is 11.9 Å². The van der Waals surface area contributed by atoms with Gasteiger partial charge in [0.15, 0.2) is 0 Å². The molecule has 0 bridgehead atoms. The van der Waals surface area contributed by atoms with Crippen molar-refractivity contribution in [1.29, 1.82) is 0 Å². The van der Waals surface area contributed by atoms with Gasteiger partial charge in [-0.25, -0.2) is 9.59 Å². The largest absolute Gasteiger partial charge is 0.386 e. The highest BCUT2D eigenvalue weighted by atomic mass is 79.9. The van der Waals surface area contributed by atoms with Crippen molar-refractivity contribution in [3.05, 3.63) is 129 Å². The Labute approximate surface area is 515 Å². The topological polar surface area (TPSA) is 80.8 Å². The minimum Gasteiger partial charge on any atom is -0.386 e. The minimum atomic E-state index is -0.765. The lowest BCUT2D eigenvalue weighted by Gasteiger charge is -2.35. The first kappa shape index (κ1) is 56.2. The van der Waals surface area contributed by atoms with Crippen molar-refractivity contribution < 1.29 is 23.9 Å². The van der Waals surface area contributed by atoms with E-state index in [1.807, 2.05) is 12.1 Å². The average molecular weight is 1450 g/mol. The van der Waals surface area contributed by atoms with Crippen LogP contribution in [0.1, 0.15) is 132 Å². The molecule has 0 aromatic heterocycles. The molecule has 0 saturated heterocycles. The predicted octanol–water partition coefficient (Wildman–Crippen LogP) is 23.7. The molecule has 2 aliphatic heterocycles. The molecule has 0 N–H and O–H groups in total. The van der Waals surface area contributed by atoms with E-state index in [1.165, 1.54) is 42.7 Å². The van der Waals surface area contributed by atoms with Crippen LogP contribution in [0.5, 0.6) is 0 Å². The van der Waals surface area contributed by atoms with Crippen molar-refractivity contribution in [3.8, 4) is 0 Å². The van der Waals surface area contributed by atoms with E-state index in [9.17, 15) is 19.2 Å². The maximum atomic E-state index is 14.5. The van der Waals surface area contributed by atoms with Gasteiger partial charge in [-0.1, -0.05) is 235 Å². The molecule has 0 spiro atoms. The summed E-state index contributed by atoms with van der Waals surface area (Å²) in [7, 11) is 0. The lowest BCUT2D eigenvalue weighted by Crippen LogP contribution is -2.47. The highest BCUT2D eigenvalue weighted by Gasteiger charge is 2.40. The van der Waals surface area contributed by atoms with Crippen LogP contribution in [0.15, 0.2) is 66.4 Å². The molecule has 0 unspecified atom stereocenters. The van der Waals surface area contributed by atoms with E-state index >= 15 is 0 Å². The third-order valence-corrected chi connectivity index (χ3v) is 20.1. The number of amides is 2. The molecule has 77 heavy (non-hydrogen) atoms. The summed E-state index contributed by atoms with van der Waals surface area (Å²) in [5, 5.41) is 13.8. The molecule has 12 rings (SSSR count). The number of nitrogens with zero attached hydrogens (tertiary/aromatic N) is 1. The first-order valence-corrected chi connectivity index (χ1v) is 31.2. The first-order valence-electron chi connectivity index (χ1n) is 25.0. The van der Waals surface area contributed by atoms with E-state index in [0.717, 1.165) is 90.8 Å². The lowest BCUT2D eigenvalue weighted by molar-refractivity contribution is 0.0389. The zero-order valence-electron chi connectivity index (χ0n) is 40.7. The lowest BCUT2D eigenvalue weighted by atomic mass is 9.84. The van der Waals surface area contributed by atoms with Crippen LogP contribution in [0.3, 0.4) is 0 Å². The maximum Gasteiger partial charge on any atom is 0.346 e. The Morgan fingerprint density at radius 3 is 0.922 bits per heavy atom. The molecule has 0 aliphatic carbocycles. The predicted molar refractivity (Wildman–Crippen MR) is 337 cm³/mol. The number of fused-ring (bicyclic) bond motifs is 4. The fraction of sp³-hybridized carbons (Fsp3) is 0.254. The smallest absolute Gasteiger partial charge is 0.346 e. The van der Waals surface area contributed by atoms with Gasteiger partial charge in [0.1, 0.15) is 0 Å². The standard InChI is InChI=1S/C37H35Br2Cl4NO2.C22H4Br2Cl4O3/c1-3-5-7-9-11-13-19(14-12-10-8-6-4-2)44-36(45)20-15-24(40)30-32-26(42)17-22(38)29-23(39)18-27(43)33(35(29)32)31-25(41)16-21(37(44)46)28(20)34(30)31;23-7-3-11(27)17-15-9(25)1-5-13-6(22(30)31-21(5)29)2-10(26)16(19(13)15)18-12(28)4-8(24)14(7)20(17)18/h15-19H,3-14H2,1-2H3;1-4H. The Morgan fingerprint density at radius 2 is 0.610 bits per heavy atom. The fourth-order valence-corrected chi connectivity index (χ4v) is 18.0. The van der Waals surface area contributed by atoms with Gasteiger partial charge in [-0.3, -0.25) is 14.5 Å². The summed E-state index contributed by atoms with van der Waals surface area (Å²) in [5.41, 5.74) is 1.22. The van der Waals surface area contributed by atoms with Crippen LogP contribution < -0.4 is 0 Å². The second-order valence-electron chi connectivity index (χ2n) is 19.7. The third-order valence-electron chi connectivity index (χ3n) is 15.2. The SMILES string of the molecule is CCCCCCCC(CCCCCCC)N1C(=O)c2cc(Cl)c3c4c(Cl)cc(Br)c5c(Br)cc(Cl)c(c6c(Cl)cc(c2c36)C1=O)c54.O=C1OC(=O)c2cc(Cl)c3c4c(Cl)cc(Br)c5c(Br)cc(Cl)c(c6c(Cl)cc1c2c63)c54. The Balaban J connectivity index is 0.000000176. The van der Waals surface area contributed by atoms with E-state index in [1.54, 1.807) is 24.3 Å². The molecule has 394 valence electrons. The van der Waals surface area contributed by atoms with E-state index in [-0.39, 0.29) is 39.0 Å². The first-order chi connectivity index (χ1) is 36.8. The zero-order valence-corrected chi connectivity index (χ0v) is 53.1. The summed E-state index contributed by atoms with van der Waals surface area (Å²) in [6.07, 6.45) is 12.7. The molecule has 10 aromatic rings. The number of carbonyl (C=O) groups is 4. The molecule has 18 heteroatoms. The average Bonchev–Trinajstić information content (AvgIpc) is 3.40. The third kappa shape index (κ3) is 9.02. The van der Waals surface area contributed by atoms with Crippen molar-refractivity contribution in [2.45, 2.75) is 96.9 Å². The van der Waals surface area contributed by atoms with Crippen molar-refractivity contribution in [2.75, 3.05) is 0 Å². The number of hydrogen-bond donors (Lipinski definition) is 0. The molecule has 2 aliphatic rings. The Bertz CT molecular complexity index is 4020. The number of rotatable bonds is 13. The highest BCUT2D eigenvalue weighted by molar-refractivity contribution is 9.11. The van der Waals surface area contributed by atoms with Gasteiger partial charge in [0, 0.05) is 130 Å². The molecule has 0 radical (unpaired) electrons. The molecule has 2 amide bonds. The van der Waals surface area contributed by atoms with Gasteiger partial charge < -0.3 is 4.74 Å². The minimum absolute atomic E-state index is 0.190. The van der Waals surface area contributed by atoms with Gasteiger partial charge in [0.2, 0.25) is 0 Å². The molecule has 2 heterocycles. The fourth-order valence-electron chi connectivity index (χ4n) is 12.0. The number of unbranched alkanes of at least 4 members (excludes halogenated alkanes) is 8. The number of benzene rings is 10. The number of esters is 2. The number of imide groups is 1. The van der Waals surface area contributed by atoms with E-state index in [2.05, 4.69) is 77.6 Å². The number of ether oxygens (including phenoxy) is 1. The van der Waals surface area contributed by atoms with Crippen LogP contribution in [0, 0.1) is 0 Å². The van der Waals surface area contributed by atoms with Crippen LogP contribution in [-0.2, 0) is 4.74 Å². The monoisotopic (exact) mass is 1440 g/mol. The summed E-state index contributed by atoms with van der Waals surface area (Å²) in [5.74, 6) is -2.13. The Hall–Kier alpha value is -2.68. The second-order valence-corrected chi connectivity index (χ2v) is 26.4. The molecule has 0 atom stereocenters. The molecule has 0 fully saturated rings. The van der Waals surface area contributed by atoms with E-state index in [4.69, 9.17) is 97.5 Å². The van der Waals surface area contributed by atoms with Crippen molar-refractivity contribution >= 4 is 266 Å². The summed E-state index contributed by atoms with van der Waals surface area (Å²) in [4.78, 5) is 55.5. The Kier molecular flexibility index (Phi) is 16.0. The number of cyclic esters (lactones) is 2. The highest BCUT2D eigenvalue weighted by Crippen LogP contribution is 2.56. The summed E-state index contributed by atoms with van der Waals surface area (Å²) in [6.45, 7) is 4.40. The van der Waals surface area contributed by atoms with Crippen LogP contribution >= 0.6 is 157 Å². The van der Waals surface area contributed by atoms with Gasteiger partial charge in [0.05, 0.1) is 42.3 Å². The van der Waals surface area contributed by atoms with Crippen LogP contribution in [-0.4, -0.2) is 34.7 Å². The van der Waals surface area contributed by atoms with E-state index in [0.29, 0.717) is 106 Å². The van der Waals surface area contributed by atoms with Crippen molar-refractivity contribution in [3.63, 3.8) is 0 Å². The summed E-state index contributed by atoms with van der Waals surface area (Å²) >= 11 is 69.7. The van der Waals surface area contributed by atoms with Gasteiger partial charge in [-0.15, -0.1) is 0 Å². The molecule has 10 aromatic carbocycles. The van der Waals surface area contributed by atoms with Gasteiger partial charge in [-0.05, 0) is 61.4 Å².